The minimum absolute atomic E-state index is 0.00446. The molecule has 1 saturated heterocycles. The standard InChI is InChI=1S/C23H22F7N3O3S/c24-14-3-1-2-12(6-14)16-9-15(25)7-13(19(16)28)8-17-20(32-37(35,36)21(29)30)23(4-5-23)11-33(17)22(34)31-10-18(26)27/h1-3,6-7,9,17-18,20-21,32H,4-5,8,10-11H2,(H,31,34)/t17-,20+/m0/s1. The van der Waals surface area contributed by atoms with Crippen LogP contribution >= 0.6 is 0 Å². The Balaban J connectivity index is 1.74. The van der Waals surface area contributed by atoms with Crippen molar-refractivity contribution in [3.05, 3.63) is 59.4 Å². The van der Waals surface area contributed by atoms with E-state index in [-0.39, 0.29) is 23.2 Å². The summed E-state index contributed by atoms with van der Waals surface area (Å²) in [6, 6.07) is 2.66. The molecule has 1 saturated carbocycles. The normalized spacial score (nSPS) is 20.7. The van der Waals surface area contributed by atoms with E-state index in [1.165, 1.54) is 12.1 Å². The van der Waals surface area contributed by atoms with Crippen molar-refractivity contribution >= 4 is 16.1 Å². The lowest BCUT2D eigenvalue weighted by atomic mass is 9.91. The van der Waals surface area contributed by atoms with E-state index < -0.39 is 76.2 Å². The maximum atomic E-state index is 15.5. The van der Waals surface area contributed by atoms with Crippen LogP contribution in [0, 0.1) is 22.9 Å². The predicted octanol–water partition coefficient (Wildman–Crippen LogP) is 4.26. The van der Waals surface area contributed by atoms with Crippen LogP contribution in [0.25, 0.3) is 11.1 Å². The highest BCUT2D eigenvalue weighted by Gasteiger charge is 2.62. The summed E-state index contributed by atoms with van der Waals surface area (Å²) in [6.45, 7) is -1.20. The number of hydrogen-bond acceptors (Lipinski definition) is 3. The largest absolute Gasteiger partial charge is 0.350 e. The van der Waals surface area contributed by atoms with Gasteiger partial charge in [0.25, 0.3) is 16.4 Å². The number of carbonyl (C=O) groups excluding carboxylic acids is 1. The van der Waals surface area contributed by atoms with Gasteiger partial charge in [-0.05, 0) is 54.7 Å². The Labute approximate surface area is 207 Å². The van der Waals surface area contributed by atoms with E-state index in [9.17, 15) is 39.6 Å². The number of benzene rings is 2. The number of rotatable bonds is 8. The quantitative estimate of drug-likeness (QED) is 0.480. The highest BCUT2D eigenvalue weighted by Crippen LogP contribution is 2.55. The molecule has 37 heavy (non-hydrogen) atoms. The maximum absolute atomic E-state index is 15.5. The first kappa shape index (κ1) is 27.2. The van der Waals surface area contributed by atoms with E-state index in [1.807, 2.05) is 10.0 Å². The molecule has 1 aliphatic carbocycles. The minimum atomic E-state index is -5.16. The molecule has 2 atom stereocenters. The molecule has 1 aliphatic heterocycles. The highest BCUT2D eigenvalue weighted by molar-refractivity contribution is 7.89. The average Bonchev–Trinajstić information content (AvgIpc) is 3.54. The molecule has 2 N–H and O–H groups in total. The summed E-state index contributed by atoms with van der Waals surface area (Å²) >= 11 is 0. The van der Waals surface area contributed by atoms with Gasteiger partial charge in [0.2, 0.25) is 0 Å². The molecule has 202 valence electrons. The first-order chi connectivity index (χ1) is 17.3. The Hall–Kier alpha value is -2.87. The lowest BCUT2D eigenvalue weighted by molar-refractivity contribution is 0.137. The lowest BCUT2D eigenvalue weighted by Crippen LogP contribution is -2.52. The smallest absolute Gasteiger partial charge is 0.332 e. The number of carbonyl (C=O) groups is 1. The fourth-order valence-electron chi connectivity index (χ4n) is 4.81. The molecule has 2 aliphatic rings. The summed E-state index contributed by atoms with van der Waals surface area (Å²) in [7, 11) is -5.16. The Morgan fingerprint density at radius 2 is 1.76 bits per heavy atom. The third-order valence-electron chi connectivity index (χ3n) is 6.69. The topological polar surface area (TPSA) is 78.5 Å². The van der Waals surface area contributed by atoms with Gasteiger partial charge in [0.15, 0.2) is 0 Å². The number of urea groups is 1. The number of sulfonamides is 1. The number of nitrogens with one attached hydrogen (secondary N) is 2. The van der Waals surface area contributed by atoms with Crippen molar-refractivity contribution in [2.45, 2.75) is 43.5 Å². The van der Waals surface area contributed by atoms with E-state index in [2.05, 4.69) is 0 Å². The molecular formula is C23H22F7N3O3S. The van der Waals surface area contributed by atoms with Gasteiger partial charge in [-0.25, -0.2) is 39.9 Å². The number of alkyl halides is 4. The number of nitrogens with zero attached hydrogens (tertiary/aromatic N) is 1. The second-order valence-corrected chi connectivity index (χ2v) is 10.9. The summed E-state index contributed by atoms with van der Waals surface area (Å²) in [6.07, 6.45) is -2.77. The highest BCUT2D eigenvalue weighted by atomic mass is 32.2. The average molecular weight is 554 g/mol. The summed E-state index contributed by atoms with van der Waals surface area (Å²) < 4.78 is 121. The zero-order chi connectivity index (χ0) is 27.1. The van der Waals surface area contributed by atoms with Crippen molar-refractivity contribution in [2.24, 2.45) is 5.41 Å². The summed E-state index contributed by atoms with van der Waals surface area (Å²) in [5.74, 6) is -6.42. The van der Waals surface area contributed by atoms with Crippen LogP contribution in [-0.2, 0) is 16.4 Å². The van der Waals surface area contributed by atoms with Gasteiger partial charge in [-0.3, -0.25) is 0 Å². The molecule has 0 aromatic heterocycles. The number of likely N-dealkylation sites (tertiary alicyclic amines) is 1. The van der Waals surface area contributed by atoms with Crippen LogP contribution in [0.15, 0.2) is 36.4 Å². The molecule has 1 spiro atoms. The first-order valence-electron chi connectivity index (χ1n) is 11.2. The van der Waals surface area contributed by atoms with E-state index in [1.54, 1.807) is 0 Å². The molecule has 0 unspecified atom stereocenters. The number of hydrogen-bond donors (Lipinski definition) is 2. The van der Waals surface area contributed by atoms with Gasteiger partial charge in [-0.2, -0.15) is 8.78 Å². The van der Waals surface area contributed by atoms with E-state index in [0.717, 1.165) is 29.2 Å². The van der Waals surface area contributed by atoms with Crippen LogP contribution in [0.5, 0.6) is 0 Å². The van der Waals surface area contributed by atoms with Crippen molar-refractivity contribution in [1.29, 1.82) is 0 Å². The minimum Gasteiger partial charge on any atom is -0.332 e. The third-order valence-corrected chi connectivity index (χ3v) is 7.75. The van der Waals surface area contributed by atoms with Gasteiger partial charge in [-0.1, -0.05) is 12.1 Å². The fraction of sp³-hybridized carbons (Fsp3) is 0.435. The van der Waals surface area contributed by atoms with Crippen molar-refractivity contribution in [3.8, 4) is 11.1 Å². The van der Waals surface area contributed by atoms with Crippen molar-refractivity contribution < 1.29 is 43.9 Å². The Kier molecular flexibility index (Phi) is 7.43. The first-order valence-corrected chi connectivity index (χ1v) is 12.7. The second kappa shape index (κ2) is 10.1. The molecule has 14 heteroatoms. The molecule has 2 fully saturated rings. The van der Waals surface area contributed by atoms with Gasteiger partial charge < -0.3 is 10.2 Å². The molecule has 1 heterocycles. The van der Waals surface area contributed by atoms with Gasteiger partial charge >= 0.3 is 11.8 Å². The molecule has 4 rings (SSSR count). The van der Waals surface area contributed by atoms with Crippen molar-refractivity contribution in [3.63, 3.8) is 0 Å². The third kappa shape index (κ3) is 5.69. The fourth-order valence-corrected chi connectivity index (χ4v) is 5.67. The molecular weight excluding hydrogens is 531 g/mol. The monoisotopic (exact) mass is 553 g/mol. The Morgan fingerprint density at radius 3 is 2.35 bits per heavy atom. The van der Waals surface area contributed by atoms with Gasteiger partial charge in [0.05, 0.1) is 18.6 Å². The van der Waals surface area contributed by atoms with Gasteiger partial charge in [0.1, 0.15) is 17.5 Å². The Bertz CT molecular complexity index is 1290. The summed E-state index contributed by atoms with van der Waals surface area (Å²) in [5, 5.41) is 1.98. The predicted molar refractivity (Wildman–Crippen MR) is 119 cm³/mol. The van der Waals surface area contributed by atoms with Gasteiger partial charge in [-0.15, -0.1) is 0 Å². The van der Waals surface area contributed by atoms with Crippen molar-refractivity contribution in [1.82, 2.24) is 14.9 Å². The van der Waals surface area contributed by atoms with Crippen LogP contribution in [0.2, 0.25) is 0 Å². The summed E-state index contributed by atoms with van der Waals surface area (Å²) in [5.41, 5.74) is -1.61. The molecule has 2 aromatic rings. The maximum Gasteiger partial charge on any atom is 0.350 e. The second-order valence-electron chi connectivity index (χ2n) is 9.18. The molecule has 0 bridgehead atoms. The zero-order valence-corrected chi connectivity index (χ0v) is 19.9. The molecule has 2 amide bonds. The summed E-state index contributed by atoms with van der Waals surface area (Å²) in [4.78, 5) is 13.7. The van der Waals surface area contributed by atoms with E-state index in [4.69, 9.17) is 0 Å². The van der Waals surface area contributed by atoms with Crippen LogP contribution in [0.4, 0.5) is 35.5 Å². The molecule has 6 nitrogen and oxygen atoms in total. The van der Waals surface area contributed by atoms with Crippen LogP contribution in [-0.4, -0.2) is 56.7 Å². The Morgan fingerprint density at radius 1 is 1.05 bits per heavy atom. The van der Waals surface area contributed by atoms with Crippen LogP contribution in [0.3, 0.4) is 0 Å². The van der Waals surface area contributed by atoms with Crippen molar-refractivity contribution in [2.75, 3.05) is 13.1 Å². The number of amides is 2. The lowest BCUT2D eigenvalue weighted by Gasteiger charge is -2.29. The van der Waals surface area contributed by atoms with Crippen LogP contribution in [0.1, 0.15) is 18.4 Å². The van der Waals surface area contributed by atoms with E-state index >= 15 is 4.39 Å². The van der Waals surface area contributed by atoms with Crippen LogP contribution < -0.4 is 10.0 Å². The number of halogens is 7. The van der Waals surface area contributed by atoms with Gasteiger partial charge in [0, 0.05) is 17.5 Å². The molecule has 2 aromatic carbocycles. The molecule has 0 radical (unpaired) electrons. The SMILES string of the molecule is O=C(NCC(F)F)N1CC2(CC2)[C@H](NS(=O)(=O)C(F)F)[C@@H]1Cc1cc(F)cc(-c2cccc(F)c2)c1F. The van der Waals surface area contributed by atoms with E-state index in [0.29, 0.717) is 12.8 Å². The zero-order valence-electron chi connectivity index (χ0n) is 19.0.